The highest BCUT2D eigenvalue weighted by Crippen LogP contribution is 2.28. The summed E-state index contributed by atoms with van der Waals surface area (Å²) < 4.78 is 0. The van der Waals surface area contributed by atoms with E-state index in [1.54, 1.807) is 18.2 Å². The number of rotatable bonds is 4. The second kappa shape index (κ2) is 5.65. The molecule has 0 unspecified atom stereocenters. The van der Waals surface area contributed by atoms with Gasteiger partial charge in [-0.1, -0.05) is 32.0 Å². The van der Waals surface area contributed by atoms with Crippen LogP contribution in [-0.4, -0.2) is 5.91 Å². The minimum absolute atomic E-state index is 0.389. The molecule has 0 aliphatic heterocycles. The number of carbonyl (C=O) groups excluding carboxylic acids is 1. The van der Waals surface area contributed by atoms with E-state index in [4.69, 9.17) is 11.5 Å². The third-order valence-corrected chi connectivity index (χ3v) is 3.18. The summed E-state index contributed by atoms with van der Waals surface area (Å²) in [5.74, 6) is -0.0692. The molecule has 1 amide bonds. The standard InChI is InChI=1S/C16H19N3O/c1-10(2)11-5-3-6-12(9-11)19-15-13(16(18)20)7-4-8-14(15)17/h3-10,19H,17H2,1-2H3,(H2,18,20). The fourth-order valence-corrected chi connectivity index (χ4v) is 2.03. The van der Waals surface area contributed by atoms with Gasteiger partial charge >= 0.3 is 0 Å². The first-order valence-corrected chi connectivity index (χ1v) is 6.54. The van der Waals surface area contributed by atoms with Crippen LogP contribution in [0.5, 0.6) is 0 Å². The third-order valence-electron chi connectivity index (χ3n) is 3.18. The van der Waals surface area contributed by atoms with Crippen LogP contribution in [0.2, 0.25) is 0 Å². The van der Waals surface area contributed by atoms with Crippen LogP contribution in [0.1, 0.15) is 35.7 Å². The number of hydrogen-bond donors (Lipinski definition) is 3. The van der Waals surface area contributed by atoms with E-state index in [-0.39, 0.29) is 0 Å². The Labute approximate surface area is 118 Å². The first-order valence-electron chi connectivity index (χ1n) is 6.54. The quantitative estimate of drug-likeness (QED) is 0.745. The van der Waals surface area contributed by atoms with Gasteiger partial charge in [0.1, 0.15) is 0 Å². The maximum Gasteiger partial charge on any atom is 0.250 e. The lowest BCUT2D eigenvalue weighted by atomic mass is 10.0. The molecule has 0 atom stereocenters. The van der Waals surface area contributed by atoms with Crippen molar-refractivity contribution in [2.24, 2.45) is 5.73 Å². The van der Waals surface area contributed by atoms with Gasteiger partial charge in [0.2, 0.25) is 0 Å². The van der Waals surface area contributed by atoms with Crippen molar-refractivity contribution < 1.29 is 4.79 Å². The van der Waals surface area contributed by atoms with E-state index in [0.717, 1.165) is 5.69 Å². The van der Waals surface area contributed by atoms with E-state index < -0.39 is 5.91 Å². The van der Waals surface area contributed by atoms with Gasteiger partial charge in [-0.2, -0.15) is 0 Å². The average Bonchev–Trinajstić information content (AvgIpc) is 2.41. The number of carbonyl (C=O) groups is 1. The molecule has 0 bridgehead atoms. The summed E-state index contributed by atoms with van der Waals surface area (Å²) in [6.07, 6.45) is 0. The van der Waals surface area contributed by atoms with E-state index in [2.05, 4.69) is 25.2 Å². The number of benzene rings is 2. The van der Waals surface area contributed by atoms with Crippen molar-refractivity contribution in [2.75, 3.05) is 11.1 Å². The molecule has 0 aliphatic carbocycles. The number of nitrogens with two attached hydrogens (primary N) is 2. The molecule has 5 N–H and O–H groups in total. The summed E-state index contributed by atoms with van der Waals surface area (Å²) in [6.45, 7) is 4.26. The molecule has 104 valence electrons. The summed E-state index contributed by atoms with van der Waals surface area (Å²) in [5, 5.41) is 3.19. The van der Waals surface area contributed by atoms with Crippen molar-refractivity contribution >= 4 is 23.0 Å². The molecule has 2 aromatic rings. The van der Waals surface area contributed by atoms with Crippen molar-refractivity contribution in [1.29, 1.82) is 0 Å². The molecule has 0 fully saturated rings. The summed E-state index contributed by atoms with van der Waals surface area (Å²) >= 11 is 0. The van der Waals surface area contributed by atoms with Crippen LogP contribution in [0.15, 0.2) is 42.5 Å². The Morgan fingerprint density at radius 3 is 2.50 bits per heavy atom. The van der Waals surface area contributed by atoms with Crippen molar-refractivity contribution in [1.82, 2.24) is 0 Å². The van der Waals surface area contributed by atoms with Crippen molar-refractivity contribution in [2.45, 2.75) is 19.8 Å². The summed E-state index contributed by atoms with van der Waals surface area (Å²) in [5.41, 5.74) is 14.9. The van der Waals surface area contributed by atoms with Crippen LogP contribution in [0, 0.1) is 0 Å². The van der Waals surface area contributed by atoms with Gasteiger partial charge < -0.3 is 16.8 Å². The van der Waals surface area contributed by atoms with Gasteiger partial charge in [0.05, 0.1) is 16.9 Å². The first-order chi connectivity index (χ1) is 9.49. The number of nitrogens with one attached hydrogen (secondary N) is 1. The highest BCUT2D eigenvalue weighted by molar-refractivity contribution is 6.02. The van der Waals surface area contributed by atoms with Crippen LogP contribution in [-0.2, 0) is 0 Å². The molecule has 0 radical (unpaired) electrons. The first kappa shape index (κ1) is 13.9. The summed E-state index contributed by atoms with van der Waals surface area (Å²) in [6, 6.07) is 13.1. The molecule has 0 aliphatic rings. The fraction of sp³-hybridized carbons (Fsp3) is 0.188. The van der Waals surface area contributed by atoms with E-state index >= 15 is 0 Å². The number of primary amides is 1. The zero-order chi connectivity index (χ0) is 14.7. The van der Waals surface area contributed by atoms with Crippen LogP contribution in [0.4, 0.5) is 17.1 Å². The molecule has 2 aromatic carbocycles. The van der Waals surface area contributed by atoms with Gasteiger partial charge in [0.15, 0.2) is 0 Å². The number of nitrogen functional groups attached to an aromatic ring is 1. The Kier molecular flexibility index (Phi) is 3.94. The van der Waals surface area contributed by atoms with Crippen LogP contribution >= 0.6 is 0 Å². The van der Waals surface area contributed by atoms with Gasteiger partial charge in [-0.15, -0.1) is 0 Å². The summed E-state index contributed by atoms with van der Waals surface area (Å²) in [4.78, 5) is 11.5. The molecule has 0 spiro atoms. The molecular formula is C16H19N3O. The van der Waals surface area contributed by atoms with Gasteiger partial charge in [-0.3, -0.25) is 4.79 Å². The minimum Gasteiger partial charge on any atom is -0.397 e. The zero-order valence-electron chi connectivity index (χ0n) is 11.7. The molecule has 0 saturated heterocycles. The average molecular weight is 269 g/mol. The molecule has 2 rings (SSSR count). The lowest BCUT2D eigenvalue weighted by Crippen LogP contribution is -2.14. The minimum atomic E-state index is -0.500. The lowest BCUT2D eigenvalue weighted by Gasteiger charge is -2.14. The maximum absolute atomic E-state index is 11.5. The Bertz CT molecular complexity index is 635. The zero-order valence-corrected chi connectivity index (χ0v) is 11.7. The van der Waals surface area contributed by atoms with Gasteiger partial charge in [0.25, 0.3) is 5.91 Å². The monoisotopic (exact) mass is 269 g/mol. The molecular weight excluding hydrogens is 250 g/mol. The topological polar surface area (TPSA) is 81.1 Å². The molecule has 0 heterocycles. The highest BCUT2D eigenvalue weighted by atomic mass is 16.1. The molecule has 0 aromatic heterocycles. The van der Waals surface area contributed by atoms with Gasteiger partial charge in [-0.25, -0.2) is 0 Å². The Morgan fingerprint density at radius 1 is 1.15 bits per heavy atom. The smallest absolute Gasteiger partial charge is 0.250 e. The number of para-hydroxylation sites is 1. The largest absolute Gasteiger partial charge is 0.397 e. The number of amides is 1. The predicted octanol–water partition coefficient (Wildman–Crippen LogP) is 3.23. The van der Waals surface area contributed by atoms with Crippen LogP contribution in [0.3, 0.4) is 0 Å². The highest BCUT2D eigenvalue weighted by Gasteiger charge is 2.11. The van der Waals surface area contributed by atoms with E-state index in [1.165, 1.54) is 5.56 Å². The van der Waals surface area contributed by atoms with Crippen molar-refractivity contribution in [3.05, 3.63) is 53.6 Å². The van der Waals surface area contributed by atoms with Crippen LogP contribution in [0.25, 0.3) is 0 Å². The normalized spacial score (nSPS) is 10.6. The fourth-order valence-electron chi connectivity index (χ4n) is 2.03. The number of hydrogen-bond acceptors (Lipinski definition) is 3. The van der Waals surface area contributed by atoms with Gasteiger partial charge in [0, 0.05) is 5.69 Å². The second-order valence-electron chi connectivity index (χ2n) is 5.04. The predicted molar refractivity (Wildman–Crippen MR) is 83.2 cm³/mol. The number of anilines is 3. The Hall–Kier alpha value is -2.49. The molecule has 4 heteroatoms. The Morgan fingerprint density at radius 2 is 1.85 bits per heavy atom. The molecule has 0 saturated carbocycles. The van der Waals surface area contributed by atoms with E-state index in [1.807, 2.05) is 18.2 Å². The van der Waals surface area contributed by atoms with Gasteiger partial charge in [-0.05, 0) is 35.7 Å². The second-order valence-corrected chi connectivity index (χ2v) is 5.04. The third kappa shape index (κ3) is 2.91. The van der Waals surface area contributed by atoms with E-state index in [0.29, 0.717) is 22.9 Å². The maximum atomic E-state index is 11.5. The molecule has 4 nitrogen and oxygen atoms in total. The SMILES string of the molecule is CC(C)c1cccc(Nc2c(N)cccc2C(N)=O)c1. The van der Waals surface area contributed by atoms with Crippen molar-refractivity contribution in [3.63, 3.8) is 0 Å². The summed E-state index contributed by atoms with van der Waals surface area (Å²) in [7, 11) is 0. The Balaban J connectivity index is 2.40. The lowest BCUT2D eigenvalue weighted by molar-refractivity contribution is 0.100. The molecule has 20 heavy (non-hydrogen) atoms. The van der Waals surface area contributed by atoms with Crippen LogP contribution < -0.4 is 16.8 Å². The van der Waals surface area contributed by atoms with E-state index in [9.17, 15) is 4.79 Å². The van der Waals surface area contributed by atoms with Crippen molar-refractivity contribution in [3.8, 4) is 0 Å².